The van der Waals surface area contributed by atoms with Crippen LogP contribution in [0, 0.1) is 0 Å². The van der Waals surface area contributed by atoms with Gasteiger partial charge in [-0.15, -0.1) is 0 Å². The summed E-state index contributed by atoms with van der Waals surface area (Å²) in [5.41, 5.74) is 11.1. The van der Waals surface area contributed by atoms with E-state index in [1.54, 1.807) is 19.2 Å². The summed E-state index contributed by atoms with van der Waals surface area (Å²) in [6.45, 7) is 0.173. The Bertz CT molecular complexity index is 381. The van der Waals surface area contributed by atoms with E-state index in [2.05, 4.69) is 0 Å². The zero-order chi connectivity index (χ0) is 12.0. The highest BCUT2D eigenvalue weighted by molar-refractivity contribution is 5.82. The van der Waals surface area contributed by atoms with Crippen molar-refractivity contribution >= 4 is 5.97 Å². The minimum absolute atomic E-state index is 0.0697. The second-order valence-corrected chi connectivity index (χ2v) is 3.10. The molecule has 0 spiro atoms. The average molecular weight is 222 g/mol. The lowest BCUT2D eigenvalue weighted by molar-refractivity contribution is -0.139. The van der Waals surface area contributed by atoms with Gasteiger partial charge in [-0.25, -0.2) is 4.79 Å². The maximum absolute atomic E-state index is 11.1. The molecule has 5 nitrogen and oxygen atoms in total. The fourth-order valence-corrected chi connectivity index (χ4v) is 1.05. The predicted octanol–water partition coefficient (Wildman–Crippen LogP) is 0.497. The molecule has 0 aliphatic carbocycles. The predicted molar refractivity (Wildman–Crippen MR) is 59.2 cm³/mol. The quantitative estimate of drug-likeness (QED) is 0.572. The van der Waals surface area contributed by atoms with E-state index in [-0.39, 0.29) is 12.4 Å². The van der Waals surface area contributed by atoms with E-state index in [1.165, 1.54) is 0 Å². The Hall–Kier alpha value is -2.17. The van der Waals surface area contributed by atoms with Crippen molar-refractivity contribution in [3.8, 4) is 5.75 Å². The number of esters is 1. The van der Waals surface area contributed by atoms with Gasteiger partial charge in [0.15, 0.2) is 0 Å². The molecule has 0 unspecified atom stereocenters. The lowest BCUT2D eigenvalue weighted by Gasteiger charge is -2.04. The topological polar surface area (TPSA) is 87.6 Å². The van der Waals surface area contributed by atoms with E-state index in [0.717, 1.165) is 17.4 Å². The molecule has 0 saturated carbocycles. The van der Waals surface area contributed by atoms with Crippen molar-refractivity contribution < 1.29 is 14.3 Å². The molecule has 1 aromatic carbocycles. The second kappa shape index (κ2) is 5.65. The van der Waals surface area contributed by atoms with Crippen molar-refractivity contribution in [2.24, 2.45) is 11.5 Å². The number of carbonyl (C=O) groups excluding carboxylic acids is 1. The summed E-state index contributed by atoms with van der Waals surface area (Å²) in [6, 6.07) is 7.19. The van der Waals surface area contributed by atoms with Crippen LogP contribution in [0.1, 0.15) is 5.56 Å². The molecule has 1 aromatic rings. The molecule has 0 aromatic heterocycles. The smallest absolute Gasteiger partial charge is 0.334 e. The first kappa shape index (κ1) is 11.9. The lowest BCUT2D eigenvalue weighted by Crippen LogP contribution is -2.12. The number of nitrogens with two attached hydrogens (primary N) is 2. The van der Waals surface area contributed by atoms with Gasteiger partial charge in [0.25, 0.3) is 0 Å². The first-order valence-electron chi connectivity index (χ1n) is 4.64. The van der Waals surface area contributed by atoms with Crippen molar-refractivity contribution in [1.82, 2.24) is 0 Å². The van der Waals surface area contributed by atoms with Gasteiger partial charge in [0.1, 0.15) is 18.2 Å². The minimum atomic E-state index is -0.559. The second-order valence-electron chi connectivity index (χ2n) is 3.10. The molecule has 0 bridgehead atoms. The third-order valence-electron chi connectivity index (χ3n) is 1.82. The summed E-state index contributed by atoms with van der Waals surface area (Å²) in [5, 5.41) is 0. The normalized spacial score (nSPS) is 9.31. The summed E-state index contributed by atoms with van der Waals surface area (Å²) in [5.74, 6) is 0.122. The van der Waals surface area contributed by atoms with Gasteiger partial charge < -0.3 is 20.9 Å². The Kier molecular flexibility index (Phi) is 4.20. The number of rotatable bonds is 4. The van der Waals surface area contributed by atoms with Crippen LogP contribution < -0.4 is 16.2 Å². The van der Waals surface area contributed by atoms with Crippen LogP contribution in [0.25, 0.3) is 0 Å². The van der Waals surface area contributed by atoms with E-state index in [4.69, 9.17) is 20.9 Å². The monoisotopic (exact) mass is 222 g/mol. The first-order valence-corrected chi connectivity index (χ1v) is 4.64. The molecule has 5 heteroatoms. The van der Waals surface area contributed by atoms with E-state index in [1.807, 2.05) is 12.1 Å². The minimum Gasteiger partial charge on any atom is -0.497 e. The molecular weight excluding hydrogens is 208 g/mol. The molecule has 1 rings (SSSR count). The Labute approximate surface area is 93.6 Å². The number of hydrogen-bond donors (Lipinski definition) is 2. The van der Waals surface area contributed by atoms with Gasteiger partial charge in [0, 0.05) is 0 Å². The van der Waals surface area contributed by atoms with E-state index >= 15 is 0 Å². The fourth-order valence-electron chi connectivity index (χ4n) is 1.05. The molecule has 0 radical (unpaired) electrons. The molecule has 0 saturated heterocycles. The Morgan fingerprint density at radius 2 is 1.94 bits per heavy atom. The highest BCUT2D eigenvalue weighted by atomic mass is 16.5. The van der Waals surface area contributed by atoms with Crippen LogP contribution in [0.15, 0.2) is 36.2 Å². The summed E-state index contributed by atoms with van der Waals surface area (Å²) in [7, 11) is 1.59. The van der Waals surface area contributed by atoms with Crippen LogP contribution >= 0.6 is 0 Å². The summed E-state index contributed by atoms with van der Waals surface area (Å²) in [6.07, 6.45) is 1.03. The summed E-state index contributed by atoms with van der Waals surface area (Å²) < 4.78 is 9.89. The fraction of sp³-hybridized carbons (Fsp3) is 0.182. The van der Waals surface area contributed by atoms with Crippen LogP contribution in [0.2, 0.25) is 0 Å². The number of methoxy groups -OCH3 is 1. The Morgan fingerprint density at radius 1 is 1.31 bits per heavy atom. The van der Waals surface area contributed by atoms with E-state index < -0.39 is 5.97 Å². The van der Waals surface area contributed by atoms with Crippen molar-refractivity contribution in [3.05, 3.63) is 41.7 Å². The highest BCUT2D eigenvalue weighted by Gasteiger charge is 2.00. The van der Waals surface area contributed by atoms with Crippen LogP contribution in [0.3, 0.4) is 0 Å². The number of ether oxygens (including phenoxy) is 2. The maximum atomic E-state index is 11.1. The Balaban J connectivity index is 2.48. The van der Waals surface area contributed by atoms with E-state index in [0.29, 0.717) is 0 Å². The molecule has 0 amide bonds. The highest BCUT2D eigenvalue weighted by Crippen LogP contribution is 2.11. The van der Waals surface area contributed by atoms with Gasteiger partial charge in [-0.1, -0.05) is 12.1 Å². The molecule has 0 atom stereocenters. The van der Waals surface area contributed by atoms with Gasteiger partial charge in [-0.2, -0.15) is 0 Å². The average Bonchev–Trinajstić information content (AvgIpc) is 2.26. The summed E-state index contributed by atoms with van der Waals surface area (Å²) >= 11 is 0. The third kappa shape index (κ3) is 3.91. The number of carbonyl (C=O) groups is 1. The van der Waals surface area contributed by atoms with Gasteiger partial charge in [-0.3, -0.25) is 0 Å². The van der Waals surface area contributed by atoms with Crippen LogP contribution in [0.4, 0.5) is 0 Å². The molecular formula is C11H14N2O3. The van der Waals surface area contributed by atoms with Gasteiger partial charge in [-0.05, 0) is 17.7 Å². The largest absolute Gasteiger partial charge is 0.497 e. The van der Waals surface area contributed by atoms with E-state index in [9.17, 15) is 4.79 Å². The zero-order valence-corrected chi connectivity index (χ0v) is 8.97. The molecule has 0 heterocycles. The third-order valence-corrected chi connectivity index (χ3v) is 1.82. The number of benzene rings is 1. The molecule has 0 aliphatic heterocycles. The first-order chi connectivity index (χ1) is 7.61. The maximum Gasteiger partial charge on any atom is 0.334 e. The van der Waals surface area contributed by atoms with Gasteiger partial charge in [0.05, 0.1) is 13.2 Å². The zero-order valence-electron chi connectivity index (χ0n) is 8.97. The Morgan fingerprint density at radius 3 is 2.44 bits per heavy atom. The molecule has 0 fully saturated rings. The lowest BCUT2D eigenvalue weighted by atomic mass is 10.2. The van der Waals surface area contributed by atoms with Crippen molar-refractivity contribution in [2.75, 3.05) is 7.11 Å². The molecule has 16 heavy (non-hydrogen) atoms. The molecule has 86 valence electrons. The van der Waals surface area contributed by atoms with Crippen molar-refractivity contribution in [3.63, 3.8) is 0 Å². The SMILES string of the molecule is COc1ccc(COC(=O)C=C(N)N)cc1. The molecule has 0 aliphatic rings. The molecule has 4 N–H and O–H groups in total. The van der Waals surface area contributed by atoms with Crippen LogP contribution in [0.5, 0.6) is 5.75 Å². The van der Waals surface area contributed by atoms with Crippen LogP contribution in [-0.2, 0) is 16.1 Å². The van der Waals surface area contributed by atoms with Crippen molar-refractivity contribution in [2.45, 2.75) is 6.61 Å². The number of hydrogen-bond acceptors (Lipinski definition) is 5. The van der Waals surface area contributed by atoms with Gasteiger partial charge >= 0.3 is 5.97 Å². The van der Waals surface area contributed by atoms with Gasteiger partial charge in [0.2, 0.25) is 0 Å². The summed E-state index contributed by atoms with van der Waals surface area (Å²) in [4.78, 5) is 11.1. The van der Waals surface area contributed by atoms with Crippen molar-refractivity contribution in [1.29, 1.82) is 0 Å². The standard InChI is InChI=1S/C11H14N2O3/c1-15-9-4-2-8(3-5-9)7-16-11(14)6-10(12)13/h2-6H,7,12-13H2,1H3. The van der Waals surface area contributed by atoms with Crippen LogP contribution in [-0.4, -0.2) is 13.1 Å².